The van der Waals surface area contributed by atoms with E-state index in [9.17, 15) is 0 Å². The first kappa shape index (κ1) is 15.8. The molecule has 0 heterocycles. The average molecular weight is 250 g/mol. The first-order valence-corrected chi connectivity index (χ1v) is 7.46. The van der Waals surface area contributed by atoms with Crippen molar-refractivity contribution in [2.45, 2.75) is 82.1 Å². The third-order valence-electron chi connectivity index (χ3n) is 4.48. The largest absolute Gasteiger partial charge is 0.0589 e. The highest BCUT2D eigenvalue weighted by Crippen LogP contribution is 2.58. The lowest BCUT2D eigenvalue weighted by Gasteiger charge is -2.52. The molecule has 0 spiro atoms. The molecule has 0 nitrogen and oxygen atoms in total. The van der Waals surface area contributed by atoms with E-state index >= 15 is 0 Å². The Bertz CT molecular complexity index is 314. The Morgan fingerprint density at radius 3 is 1.00 bits per heavy atom. The van der Waals surface area contributed by atoms with Gasteiger partial charge in [0.25, 0.3) is 0 Å². The molecule has 0 fully saturated rings. The normalized spacial score (nSPS) is 24.3. The number of rotatable bonds is 0. The molecule has 1 rings (SSSR count). The van der Waals surface area contributed by atoms with Crippen molar-refractivity contribution in [1.29, 1.82) is 0 Å². The molecule has 0 aromatic heterocycles. The molecule has 0 N–H and O–H groups in total. The van der Waals surface area contributed by atoms with Gasteiger partial charge in [-0.25, -0.2) is 0 Å². The molecule has 0 aliphatic heterocycles. The molecule has 0 aromatic rings. The fraction of sp³-hybridized carbons (Fsp3) is 0.889. The van der Waals surface area contributed by atoms with Crippen LogP contribution in [0.25, 0.3) is 0 Å². The molecule has 0 aromatic carbocycles. The Balaban J connectivity index is 3.66. The summed E-state index contributed by atoms with van der Waals surface area (Å²) in [6.45, 7) is 24.1. The first-order valence-electron chi connectivity index (χ1n) is 7.46. The van der Waals surface area contributed by atoms with E-state index in [-0.39, 0.29) is 10.8 Å². The maximum Gasteiger partial charge on any atom is -0.0136 e. The van der Waals surface area contributed by atoms with Gasteiger partial charge in [0.1, 0.15) is 0 Å². The summed E-state index contributed by atoms with van der Waals surface area (Å²) in [6.07, 6.45) is 2.62. The van der Waals surface area contributed by atoms with Crippen LogP contribution in [-0.4, -0.2) is 0 Å². The third-order valence-corrected chi connectivity index (χ3v) is 4.48. The van der Waals surface area contributed by atoms with Gasteiger partial charge in [-0.05, 0) is 34.5 Å². The van der Waals surface area contributed by atoms with E-state index in [1.807, 2.05) is 0 Å². The van der Waals surface area contributed by atoms with E-state index in [1.165, 1.54) is 12.8 Å². The zero-order valence-corrected chi connectivity index (χ0v) is 14.4. The van der Waals surface area contributed by atoms with Crippen LogP contribution in [0.3, 0.4) is 0 Å². The van der Waals surface area contributed by atoms with Crippen LogP contribution in [0.4, 0.5) is 0 Å². The van der Waals surface area contributed by atoms with Gasteiger partial charge < -0.3 is 0 Å². The van der Waals surface area contributed by atoms with Gasteiger partial charge in [-0.1, -0.05) is 80.4 Å². The molecule has 18 heavy (non-hydrogen) atoms. The topological polar surface area (TPSA) is 0 Å². The molecule has 106 valence electrons. The van der Waals surface area contributed by atoms with E-state index in [0.29, 0.717) is 10.8 Å². The van der Waals surface area contributed by atoms with Crippen LogP contribution in [0.1, 0.15) is 82.1 Å². The van der Waals surface area contributed by atoms with Crippen molar-refractivity contribution in [2.75, 3.05) is 0 Å². The molecule has 0 saturated carbocycles. The summed E-state index contributed by atoms with van der Waals surface area (Å²) in [5.41, 5.74) is 4.64. The maximum atomic E-state index is 2.44. The summed E-state index contributed by atoms with van der Waals surface area (Å²) in [4.78, 5) is 0. The molecular weight excluding hydrogens is 216 g/mol. The van der Waals surface area contributed by atoms with Gasteiger partial charge in [0.05, 0.1) is 0 Å². The SMILES string of the molecule is CC(C)(C)C1=C(C(C)(C)C)C(C)(C)CCC1(C)C. The predicted octanol–water partition coefficient (Wildman–Crippen LogP) is 6.22. The van der Waals surface area contributed by atoms with E-state index in [1.54, 1.807) is 11.1 Å². The van der Waals surface area contributed by atoms with E-state index in [2.05, 4.69) is 69.2 Å². The smallest absolute Gasteiger partial charge is 0.0136 e. The van der Waals surface area contributed by atoms with Crippen molar-refractivity contribution in [1.82, 2.24) is 0 Å². The van der Waals surface area contributed by atoms with Crippen molar-refractivity contribution in [3.05, 3.63) is 11.1 Å². The molecule has 0 bridgehead atoms. The monoisotopic (exact) mass is 250 g/mol. The molecule has 0 amide bonds. The van der Waals surface area contributed by atoms with Crippen molar-refractivity contribution < 1.29 is 0 Å². The molecule has 0 unspecified atom stereocenters. The van der Waals surface area contributed by atoms with Crippen LogP contribution >= 0.6 is 0 Å². The Morgan fingerprint density at radius 2 is 0.833 bits per heavy atom. The van der Waals surface area contributed by atoms with Gasteiger partial charge >= 0.3 is 0 Å². The maximum absolute atomic E-state index is 2.44. The Kier molecular flexibility index (Phi) is 3.61. The second kappa shape index (κ2) is 4.12. The van der Waals surface area contributed by atoms with Gasteiger partial charge in [-0.2, -0.15) is 0 Å². The lowest BCUT2D eigenvalue weighted by Crippen LogP contribution is -2.40. The Labute approximate surface area is 115 Å². The van der Waals surface area contributed by atoms with E-state index < -0.39 is 0 Å². The van der Waals surface area contributed by atoms with E-state index in [0.717, 1.165) is 0 Å². The van der Waals surface area contributed by atoms with Gasteiger partial charge in [0.2, 0.25) is 0 Å². The Hall–Kier alpha value is -0.260. The van der Waals surface area contributed by atoms with Gasteiger partial charge in [0.15, 0.2) is 0 Å². The van der Waals surface area contributed by atoms with Crippen molar-refractivity contribution in [3.8, 4) is 0 Å². The highest BCUT2D eigenvalue weighted by atomic mass is 14.5. The van der Waals surface area contributed by atoms with Crippen molar-refractivity contribution in [3.63, 3.8) is 0 Å². The first-order chi connectivity index (χ1) is 7.70. The third kappa shape index (κ3) is 2.83. The molecule has 0 saturated heterocycles. The summed E-state index contributed by atoms with van der Waals surface area (Å²) in [5, 5.41) is 0. The van der Waals surface area contributed by atoms with Gasteiger partial charge in [-0.3, -0.25) is 0 Å². The zero-order valence-electron chi connectivity index (χ0n) is 14.4. The van der Waals surface area contributed by atoms with Crippen LogP contribution in [0, 0.1) is 21.7 Å². The fourth-order valence-electron chi connectivity index (χ4n) is 4.33. The quantitative estimate of drug-likeness (QED) is 0.448. The fourth-order valence-corrected chi connectivity index (χ4v) is 4.33. The average Bonchev–Trinajstić information content (AvgIpc) is 2.05. The number of allylic oxidation sites excluding steroid dienone is 2. The highest BCUT2D eigenvalue weighted by molar-refractivity contribution is 5.36. The lowest BCUT2D eigenvalue weighted by atomic mass is 9.53. The second-order valence-corrected chi connectivity index (χ2v) is 9.52. The second-order valence-electron chi connectivity index (χ2n) is 9.52. The predicted molar refractivity (Wildman–Crippen MR) is 82.7 cm³/mol. The summed E-state index contributed by atoms with van der Waals surface area (Å²) < 4.78 is 0. The molecule has 0 atom stereocenters. The van der Waals surface area contributed by atoms with Gasteiger partial charge in [-0.15, -0.1) is 0 Å². The minimum atomic E-state index is 0.268. The summed E-state index contributed by atoms with van der Waals surface area (Å²) >= 11 is 0. The van der Waals surface area contributed by atoms with Crippen LogP contribution in [-0.2, 0) is 0 Å². The van der Waals surface area contributed by atoms with Crippen LogP contribution < -0.4 is 0 Å². The highest BCUT2D eigenvalue weighted by Gasteiger charge is 2.46. The molecule has 1 aliphatic rings. The zero-order chi connectivity index (χ0) is 14.6. The van der Waals surface area contributed by atoms with Gasteiger partial charge in [0, 0.05) is 0 Å². The standard InChI is InChI=1S/C18H34/c1-15(2,3)13-14(16(4,5)6)18(9,10)12-11-17(13,7)8/h11-12H2,1-10H3. The lowest BCUT2D eigenvalue weighted by molar-refractivity contribution is 0.183. The number of hydrogen-bond acceptors (Lipinski definition) is 0. The molecule has 0 radical (unpaired) electrons. The molecule has 0 heteroatoms. The number of hydrogen-bond donors (Lipinski definition) is 0. The van der Waals surface area contributed by atoms with Crippen LogP contribution in [0.15, 0.2) is 11.1 Å². The van der Waals surface area contributed by atoms with E-state index in [4.69, 9.17) is 0 Å². The van der Waals surface area contributed by atoms with Crippen molar-refractivity contribution in [2.24, 2.45) is 21.7 Å². The minimum absolute atomic E-state index is 0.268. The summed E-state index contributed by atoms with van der Waals surface area (Å²) in [5.74, 6) is 0. The van der Waals surface area contributed by atoms with Crippen LogP contribution in [0.2, 0.25) is 0 Å². The summed E-state index contributed by atoms with van der Waals surface area (Å²) in [7, 11) is 0. The summed E-state index contributed by atoms with van der Waals surface area (Å²) in [6, 6.07) is 0. The van der Waals surface area contributed by atoms with Crippen molar-refractivity contribution >= 4 is 0 Å². The molecule has 1 aliphatic carbocycles. The minimum Gasteiger partial charge on any atom is -0.0589 e. The molecular formula is C18H34. The van der Waals surface area contributed by atoms with Crippen LogP contribution in [0.5, 0.6) is 0 Å². The Morgan fingerprint density at radius 1 is 0.611 bits per heavy atom.